The maximum absolute atomic E-state index is 5.82. The Morgan fingerprint density at radius 2 is 2.12 bits per heavy atom. The molecular formula is C14H18O2. The molecule has 0 bridgehead atoms. The molecule has 0 aliphatic rings. The first kappa shape index (κ1) is 11.2. The summed E-state index contributed by atoms with van der Waals surface area (Å²) < 4.78 is 10.9. The van der Waals surface area contributed by atoms with Crippen molar-refractivity contribution in [2.24, 2.45) is 0 Å². The normalized spacial score (nSPS) is 13.1. The molecule has 0 aliphatic carbocycles. The highest BCUT2D eigenvalue weighted by Gasteiger charge is 2.10. The maximum Gasteiger partial charge on any atom is 0.134 e. The standard InChI is InChI=1S/C14H18O2/c1-11(6-5-9-15-2)14-10-12-7-3-4-8-13(12)16-14/h3-4,7-8,10-11H,5-6,9H2,1-2H3. The van der Waals surface area contributed by atoms with Crippen LogP contribution in [0.3, 0.4) is 0 Å². The number of hydrogen-bond donors (Lipinski definition) is 0. The van der Waals surface area contributed by atoms with E-state index in [1.54, 1.807) is 7.11 Å². The molecule has 0 saturated heterocycles. The summed E-state index contributed by atoms with van der Waals surface area (Å²) in [4.78, 5) is 0. The van der Waals surface area contributed by atoms with Crippen molar-refractivity contribution in [3.05, 3.63) is 36.1 Å². The van der Waals surface area contributed by atoms with Gasteiger partial charge in [-0.15, -0.1) is 0 Å². The van der Waals surface area contributed by atoms with Crippen LogP contribution < -0.4 is 0 Å². The molecule has 2 nitrogen and oxygen atoms in total. The van der Waals surface area contributed by atoms with Gasteiger partial charge in [-0.25, -0.2) is 0 Å². The zero-order valence-electron chi connectivity index (χ0n) is 9.90. The minimum absolute atomic E-state index is 0.461. The average molecular weight is 218 g/mol. The number of ether oxygens (including phenoxy) is 1. The lowest BCUT2D eigenvalue weighted by molar-refractivity contribution is 0.190. The smallest absolute Gasteiger partial charge is 0.134 e. The summed E-state index contributed by atoms with van der Waals surface area (Å²) in [7, 11) is 1.74. The van der Waals surface area contributed by atoms with E-state index in [1.807, 2.05) is 18.2 Å². The third-order valence-corrected chi connectivity index (χ3v) is 2.92. The van der Waals surface area contributed by atoms with Crippen LogP contribution in [0.25, 0.3) is 11.0 Å². The predicted octanol–water partition coefficient (Wildman–Crippen LogP) is 3.96. The van der Waals surface area contributed by atoms with Gasteiger partial charge in [0.25, 0.3) is 0 Å². The van der Waals surface area contributed by atoms with Gasteiger partial charge in [0, 0.05) is 25.0 Å². The molecule has 0 saturated carbocycles. The molecule has 1 aromatic heterocycles. The van der Waals surface area contributed by atoms with Crippen LogP contribution in [0.5, 0.6) is 0 Å². The van der Waals surface area contributed by atoms with Gasteiger partial charge in [0.05, 0.1) is 0 Å². The number of hydrogen-bond acceptors (Lipinski definition) is 2. The van der Waals surface area contributed by atoms with Crippen molar-refractivity contribution >= 4 is 11.0 Å². The number of fused-ring (bicyclic) bond motifs is 1. The van der Waals surface area contributed by atoms with Crippen molar-refractivity contribution in [3.63, 3.8) is 0 Å². The second kappa shape index (κ2) is 5.17. The summed E-state index contributed by atoms with van der Waals surface area (Å²) in [5.41, 5.74) is 0.982. The monoisotopic (exact) mass is 218 g/mol. The molecule has 0 amide bonds. The Bertz CT molecular complexity index is 412. The lowest BCUT2D eigenvalue weighted by atomic mass is 10.0. The third kappa shape index (κ3) is 2.45. The summed E-state index contributed by atoms with van der Waals surface area (Å²) in [6.07, 6.45) is 2.18. The molecule has 2 aromatic rings. The zero-order valence-corrected chi connectivity index (χ0v) is 9.90. The van der Waals surface area contributed by atoms with Crippen molar-refractivity contribution in [2.75, 3.05) is 13.7 Å². The first-order valence-electron chi connectivity index (χ1n) is 5.78. The molecule has 2 heteroatoms. The molecule has 16 heavy (non-hydrogen) atoms. The van der Waals surface area contributed by atoms with E-state index >= 15 is 0 Å². The van der Waals surface area contributed by atoms with Gasteiger partial charge >= 0.3 is 0 Å². The number of rotatable bonds is 5. The third-order valence-electron chi connectivity index (χ3n) is 2.92. The SMILES string of the molecule is COCCCC(C)c1cc2ccccc2o1. The van der Waals surface area contributed by atoms with Gasteiger partial charge in [0.15, 0.2) is 0 Å². The quantitative estimate of drug-likeness (QED) is 0.709. The van der Waals surface area contributed by atoms with Crippen molar-refractivity contribution in [2.45, 2.75) is 25.7 Å². The fourth-order valence-corrected chi connectivity index (χ4v) is 1.92. The molecular weight excluding hydrogens is 200 g/mol. The fraction of sp³-hybridized carbons (Fsp3) is 0.429. The van der Waals surface area contributed by atoms with E-state index in [0.717, 1.165) is 30.8 Å². The van der Waals surface area contributed by atoms with Gasteiger partial charge in [0.2, 0.25) is 0 Å². The molecule has 1 atom stereocenters. The highest BCUT2D eigenvalue weighted by atomic mass is 16.5. The van der Waals surface area contributed by atoms with Crippen LogP contribution >= 0.6 is 0 Å². The van der Waals surface area contributed by atoms with Crippen LogP contribution in [0, 0.1) is 0 Å². The molecule has 0 aliphatic heterocycles. The minimum atomic E-state index is 0.461. The molecule has 1 aromatic carbocycles. The Morgan fingerprint density at radius 3 is 2.88 bits per heavy atom. The van der Waals surface area contributed by atoms with E-state index in [2.05, 4.69) is 19.1 Å². The van der Waals surface area contributed by atoms with Crippen molar-refractivity contribution in [1.29, 1.82) is 0 Å². The fourth-order valence-electron chi connectivity index (χ4n) is 1.92. The summed E-state index contributed by atoms with van der Waals surface area (Å²) in [5, 5.41) is 1.19. The second-order valence-electron chi connectivity index (χ2n) is 4.22. The number of furan rings is 1. The largest absolute Gasteiger partial charge is 0.461 e. The Labute approximate surface area is 96.2 Å². The van der Waals surface area contributed by atoms with Crippen molar-refractivity contribution < 1.29 is 9.15 Å². The van der Waals surface area contributed by atoms with Crippen molar-refractivity contribution in [3.8, 4) is 0 Å². The van der Waals surface area contributed by atoms with E-state index in [0.29, 0.717) is 5.92 Å². The molecule has 0 spiro atoms. The average Bonchev–Trinajstić information content (AvgIpc) is 2.73. The molecule has 2 rings (SSSR count). The predicted molar refractivity (Wildman–Crippen MR) is 65.7 cm³/mol. The Hall–Kier alpha value is -1.28. The lowest BCUT2D eigenvalue weighted by Crippen LogP contribution is -1.95. The van der Waals surface area contributed by atoms with E-state index < -0.39 is 0 Å². The summed E-state index contributed by atoms with van der Waals surface area (Å²) >= 11 is 0. The molecule has 0 radical (unpaired) electrons. The Balaban J connectivity index is 2.07. The lowest BCUT2D eigenvalue weighted by Gasteiger charge is -2.06. The Morgan fingerprint density at radius 1 is 1.31 bits per heavy atom. The molecule has 0 fully saturated rings. The molecule has 86 valence electrons. The number of para-hydroxylation sites is 1. The summed E-state index contributed by atoms with van der Waals surface area (Å²) in [6, 6.07) is 10.3. The topological polar surface area (TPSA) is 22.4 Å². The van der Waals surface area contributed by atoms with E-state index in [1.165, 1.54) is 5.39 Å². The van der Waals surface area contributed by atoms with Gasteiger partial charge in [0.1, 0.15) is 11.3 Å². The van der Waals surface area contributed by atoms with E-state index in [4.69, 9.17) is 9.15 Å². The molecule has 1 unspecified atom stereocenters. The van der Waals surface area contributed by atoms with Crippen LogP contribution in [0.4, 0.5) is 0 Å². The maximum atomic E-state index is 5.82. The molecule has 0 N–H and O–H groups in total. The summed E-state index contributed by atoms with van der Waals surface area (Å²) in [5.74, 6) is 1.54. The summed E-state index contributed by atoms with van der Waals surface area (Å²) in [6.45, 7) is 3.03. The van der Waals surface area contributed by atoms with Gasteiger partial charge in [-0.05, 0) is 25.0 Å². The van der Waals surface area contributed by atoms with Crippen LogP contribution in [0.1, 0.15) is 31.4 Å². The number of benzene rings is 1. The van der Waals surface area contributed by atoms with E-state index in [-0.39, 0.29) is 0 Å². The van der Waals surface area contributed by atoms with Crippen LogP contribution in [0.15, 0.2) is 34.7 Å². The highest BCUT2D eigenvalue weighted by Crippen LogP contribution is 2.27. The Kier molecular flexibility index (Phi) is 3.62. The van der Waals surface area contributed by atoms with Crippen LogP contribution in [-0.4, -0.2) is 13.7 Å². The van der Waals surface area contributed by atoms with Crippen LogP contribution in [-0.2, 0) is 4.74 Å². The van der Waals surface area contributed by atoms with Crippen molar-refractivity contribution in [1.82, 2.24) is 0 Å². The highest BCUT2D eigenvalue weighted by molar-refractivity contribution is 5.77. The first-order valence-corrected chi connectivity index (χ1v) is 5.78. The zero-order chi connectivity index (χ0) is 11.4. The second-order valence-corrected chi connectivity index (χ2v) is 4.22. The van der Waals surface area contributed by atoms with E-state index in [9.17, 15) is 0 Å². The number of methoxy groups -OCH3 is 1. The van der Waals surface area contributed by atoms with Crippen LogP contribution in [0.2, 0.25) is 0 Å². The van der Waals surface area contributed by atoms with Gasteiger partial charge < -0.3 is 9.15 Å². The van der Waals surface area contributed by atoms with Gasteiger partial charge in [-0.1, -0.05) is 25.1 Å². The minimum Gasteiger partial charge on any atom is -0.461 e. The van der Waals surface area contributed by atoms with Gasteiger partial charge in [-0.2, -0.15) is 0 Å². The first-order chi connectivity index (χ1) is 7.81. The molecule has 1 heterocycles. The van der Waals surface area contributed by atoms with Gasteiger partial charge in [-0.3, -0.25) is 0 Å².